The highest BCUT2D eigenvalue weighted by atomic mass is 79.9. The molecule has 21 nitrogen and oxygen atoms in total. The largest absolute Gasteiger partial charge is 0.467 e. The predicted molar refractivity (Wildman–Crippen MR) is 457 cm³/mol. The van der Waals surface area contributed by atoms with Crippen LogP contribution < -0.4 is 30.7 Å². The number of imidazole rings is 1. The number of nitrogens with one attached hydrogen (secondary N) is 5. The molecule has 6 aliphatic rings. The molecular weight excluding hydrogens is 1590 g/mol. The molecule has 4 fully saturated rings. The molecule has 1 unspecified atom stereocenters. The van der Waals surface area contributed by atoms with Crippen molar-refractivity contribution in [2.45, 2.75) is 148 Å². The number of urea groups is 3. The summed E-state index contributed by atoms with van der Waals surface area (Å²) in [5.74, 6) is 0.418. The number of nitrogens with zero attached hydrogens (tertiary/aromatic N) is 8. The topological polar surface area (TPSA) is 216 Å². The van der Waals surface area contributed by atoms with E-state index in [4.69, 9.17) is 30.5 Å². The fourth-order valence-electron chi connectivity index (χ4n) is 16.1. The van der Waals surface area contributed by atoms with E-state index >= 15 is 0 Å². The number of benzene rings is 8. The number of ether oxygens (including phenoxy) is 2. The van der Waals surface area contributed by atoms with Gasteiger partial charge in [-0.2, -0.15) is 0 Å². The highest BCUT2D eigenvalue weighted by Crippen LogP contribution is 2.36. The van der Waals surface area contributed by atoms with Crippen LogP contribution >= 0.6 is 27.5 Å². The van der Waals surface area contributed by atoms with Gasteiger partial charge in [0.1, 0.15) is 17.4 Å². The van der Waals surface area contributed by atoms with Crippen molar-refractivity contribution in [2.24, 2.45) is 0 Å². The van der Waals surface area contributed by atoms with Gasteiger partial charge >= 0.3 is 18.1 Å². The fourth-order valence-corrected chi connectivity index (χ4v) is 16.5. The molecule has 0 saturated carbocycles. The smallest absolute Gasteiger partial charge is 0.322 e. The molecule has 4 saturated heterocycles. The van der Waals surface area contributed by atoms with Crippen molar-refractivity contribution >= 4 is 79.8 Å². The zero-order chi connectivity index (χ0) is 82.8. The maximum absolute atomic E-state index is 13.6. The van der Waals surface area contributed by atoms with Crippen LogP contribution in [0, 0.1) is 19.7 Å². The normalized spacial score (nSPS) is 16.9. The number of rotatable bonds is 18. The Hall–Kier alpha value is -10.7. The minimum atomic E-state index is -2.79. The van der Waals surface area contributed by atoms with Crippen molar-refractivity contribution < 1.29 is 51.0 Å². The molecule has 0 radical (unpaired) electrons. The van der Waals surface area contributed by atoms with Gasteiger partial charge in [-0.1, -0.05) is 137 Å². The zero-order valence-corrected chi connectivity index (χ0v) is 69.8. The van der Waals surface area contributed by atoms with Crippen molar-refractivity contribution in [3.05, 3.63) is 277 Å². The van der Waals surface area contributed by atoms with Crippen LogP contribution in [0.5, 0.6) is 11.5 Å². The van der Waals surface area contributed by atoms with Gasteiger partial charge in [0.05, 0.1) is 34.9 Å². The second-order valence-corrected chi connectivity index (χ2v) is 32.7. The fraction of sp³-hybridized carbons (Fsp3) is 0.370. The van der Waals surface area contributed by atoms with Crippen LogP contribution in [0.3, 0.4) is 0 Å². The number of alkyl halides is 2. The van der Waals surface area contributed by atoms with E-state index in [-0.39, 0.29) is 71.5 Å². The van der Waals surface area contributed by atoms with Crippen molar-refractivity contribution in [2.75, 3.05) is 83.4 Å². The molecule has 0 spiro atoms. The number of fused-ring (bicyclic) bond motifs is 3. The number of H-pyrrole nitrogens is 1. The van der Waals surface area contributed by atoms with Crippen LogP contribution in [-0.4, -0.2) is 165 Å². The van der Waals surface area contributed by atoms with Gasteiger partial charge in [-0.3, -0.25) is 24.3 Å². The first-order valence-electron chi connectivity index (χ1n) is 40.6. The Morgan fingerprint density at radius 1 is 0.610 bits per heavy atom. The van der Waals surface area contributed by atoms with Crippen LogP contribution in [0.2, 0.25) is 5.02 Å². The molecule has 0 aliphatic carbocycles. The summed E-state index contributed by atoms with van der Waals surface area (Å²) in [6.07, 6.45) is 8.79. The Morgan fingerprint density at radius 2 is 1.20 bits per heavy atom. The molecule has 8 heterocycles. The number of aromatic amines is 1. The van der Waals surface area contributed by atoms with Gasteiger partial charge in [-0.15, -0.1) is 0 Å². The summed E-state index contributed by atoms with van der Waals surface area (Å²) in [6, 6.07) is 60.4. The molecule has 8 amide bonds. The van der Waals surface area contributed by atoms with E-state index in [0.717, 1.165) is 172 Å². The summed E-state index contributed by atoms with van der Waals surface area (Å²) in [7, 11) is 1.77. The molecule has 8 aromatic carbocycles. The summed E-state index contributed by atoms with van der Waals surface area (Å²) in [5.41, 5.74) is 11.8. The molecule has 620 valence electrons. The number of likely N-dealkylation sites (tertiary alicyclic amines) is 4. The van der Waals surface area contributed by atoms with Gasteiger partial charge in [0, 0.05) is 144 Å². The Bertz CT molecular complexity index is 5030. The number of hydrogen-bond donors (Lipinski definition) is 5. The van der Waals surface area contributed by atoms with E-state index in [1.54, 1.807) is 37.3 Å². The minimum absolute atomic E-state index is 0.00449. The second-order valence-electron chi connectivity index (χ2n) is 31.5. The molecule has 16 rings (SSSR count). The summed E-state index contributed by atoms with van der Waals surface area (Å²) in [6.45, 7) is 17.7. The lowest BCUT2D eigenvalue weighted by atomic mass is 9.95. The van der Waals surface area contributed by atoms with Crippen LogP contribution in [0.1, 0.15) is 144 Å². The molecule has 1 atom stereocenters. The van der Waals surface area contributed by atoms with Gasteiger partial charge in [-0.25, -0.2) is 32.5 Å². The lowest BCUT2D eigenvalue weighted by Crippen LogP contribution is -2.51. The van der Waals surface area contributed by atoms with Crippen molar-refractivity contribution in [3.63, 3.8) is 0 Å². The van der Waals surface area contributed by atoms with Crippen molar-refractivity contribution in [3.8, 4) is 11.5 Å². The summed E-state index contributed by atoms with van der Waals surface area (Å²) in [5, 5.41) is 12.1. The highest BCUT2D eigenvalue weighted by Gasteiger charge is 2.35. The van der Waals surface area contributed by atoms with Crippen LogP contribution in [-0.2, 0) is 43.4 Å². The molecule has 10 aromatic rings. The molecule has 118 heavy (non-hydrogen) atoms. The number of piperidine rings is 4. The number of carbonyl (C=O) groups excluding carboxylic acids is 5. The average molecular weight is 1690 g/mol. The minimum Gasteiger partial charge on any atom is -0.467 e. The summed E-state index contributed by atoms with van der Waals surface area (Å²) in [4.78, 5) is 85.6. The number of hydrogen-bond acceptors (Lipinski definition) is 12. The maximum atomic E-state index is 13.6. The van der Waals surface area contributed by atoms with E-state index < -0.39 is 11.7 Å². The summed E-state index contributed by atoms with van der Waals surface area (Å²) >= 11 is 9.40. The first-order valence-corrected chi connectivity index (χ1v) is 41.8. The van der Waals surface area contributed by atoms with Crippen LogP contribution in [0.25, 0.3) is 11.0 Å². The number of likely N-dealkylation sites (N-methyl/N-ethyl adjacent to an activating group) is 1. The Balaban J connectivity index is 0.000000137. The van der Waals surface area contributed by atoms with E-state index in [0.29, 0.717) is 61.4 Å². The lowest BCUT2D eigenvalue weighted by molar-refractivity contribution is -0.130. The molecule has 6 aliphatic heterocycles. The quantitative estimate of drug-likeness (QED) is 0.0542. The Labute approximate surface area is 701 Å². The Kier molecular flexibility index (Phi) is 29.0. The van der Waals surface area contributed by atoms with Crippen molar-refractivity contribution in [1.82, 2.24) is 54.9 Å². The number of anilines is 2. The number of carbonyl (C=O) groups is 5. The average Bonchev–Trinajstić information content (AvgIpc) is 1.18. The number of furan rings is 1. The number of amides is 8. The van der Waals surface area contributed by atoms with E-state index in [2.05, 4.69) is 131 Å². The molecule has 26 heteroatoms. The number of halogens is 5. The van der Waals surface area contributed by atoms with Gasteiger partial charge in [0.25, 0.3) is 11.8 Å². The van der Waals surface area contributed by atoms with E-state index in [9.17, 15) is 37.1 Å². The van der Waals surface area contributed by atoms with Gasteiger partial charge in [0.15, 0.2) is 11.5 Å². The third-order valence-electron chi connectivity index (χ3n) is 22.7. The second kappa shape index (κ2) is 40.2. The predicted octanol–water partition coefficient (Wildman–Crippen LogP) is 18.4. The molecular formula is C92H104BrClF3N13O8. The molecule has 5 N–H and O–H groups in total. The van der Waals surface area contributed by atoms with E-state index in [1.807, 2.05) is 113 Å². The molecule has 0 bridgehead atoms. The zero-order valence-electron chi connectivity index (χ0n) is 67.4. The van der Waals surface area contributed by atoms with Crippen LogP contribution in [0.15, 0.2) is 209 Å². The SMILES string of the molecule is CC(=O)N1CCC(N(Cc2ccco2)C(=O)Nc2ccc(Br)c(C)c2)CC1.CN1CC(NC(=O)NC2CCN(Cc3ccccc3)CC2)c2ccccc2C1=O.Cc1ccc2nc(C3CCN(Cc4cccc(C(C)(F)F)c4)CC3)[nH]c2c1.O=C(Nc1ccc(F)c(Cl)c1)N(Cc1ccc2c(c1)OCO2)C1CCN(Cc2ccccc2)CC1. The highest BCUT2D eigenvalue weighted by molar-refractivity contribution is 9.10. The molecule has 2 aromatic heterocycles. The van der Waals surface area contributed by atoms with Gasteiger partial charge in [0.2, 0.25) is 12.7 Å². The maximum Gasteiger partial charge on any atom is 0.322 e. The first kappa shape index (κ1) is 85.2. The van der Waals surface area contributed by atoms with Gasteiger partial charge < -0.3 is 59.7 Å². The van der Waals surface area contributed by atoms with Gasteiger partial charge in [-0.05, 0) is 202 Å². The Morgan fingerprint density at radius 3 is 1.84 bits per heavy atom. The lowest BCUT2D eigenvalue weighted by Gasteiger charge is -2.38. The first-order chi connectivity index (χ1) is 57.0. The van der Waals surface area contributed by atoms with E-state index in [1.165, 1.54) is 41.0 Å². The third-order valence-corrected chi connectivity index (χ3v) is 23.9. The third kappa shape index (κ3) is 23.4. The monoisotopic (exact) mass is 1690 g/mol. The van der Waals surface area contributed by atoms with Crippen LogP contribution in [0.4, 0.5) is 38.9 Å². The number of aryl methyl sites for hydroxylation is 2. The van der Waals surface area contributed by atoms with Crippen molar-refractivity contribution in [1.29, 1.82) is 0 Å². The number of aromatic nitrogens is 2. The standard InChI is InChI=1S/C27H27ClFN3O3.C23H28N4O2.C22H25F2N3.C20H24BrN3O3/c28-23-15-21(7-8-24(23)29)30-27(33)32(17-20-6-9-25-26(14-20)35-18-34-25)22-10-12-31(13-11-22)16-19-4-2-1-3-5-19;1-26-16-21(19-9-5-6-10-20(19)22(26)28)25-23(29)24-18-11-13-27(14-12-18)15-17-7-3-2-4-8-17;1-15-6-7-19-20(12-15)26-21(25-19)17-8-10-27(11-9-17)14-16-4-3-5-18(13-16)22(2,23)24;1-14-12-16(5-6-19(14)21)22-20(26)24(13-18-4-3-11-27-18)17-7-9-23(10-8-17)15(2)25/h1-9,14-15,22H,10-13,16-18H2,(H,30,33);2-10,18,21H,11-16H2,1H3,(H2,24,25,29);3-7,12-13,17H,8-11,14H2,1-2H3,(H,25,26);3-6,11-12,17H,7-10,13H2,1-2H3,(H,22,26). The summed E-state index contributed by atoms with van der Waals surface area (Å²) < 4.78 is 58.1.